The largest absolute Gasteiger partial charge is 0.307 e. The van der Waals surface area contributed by atoms with E-state index < -0.39 is 10.0 Å². The maximum Gasteiger partial charge on any atom is 0.268 e. The van der Waals surface area contributed by atoms with E-state index in [1.165, 1.54) is 16.2 Å². The number of halogens is 1. The number of unbranched alkanes of at least 4 members (excludes halogenated alkanes) is 3. The zero-order chi connectivity index (χ0) is 18.6. The highest BCUT2D eigenvalue weighted by Gasteiger charge is 2.19. The Labute approximate surface area is 161 Å². The summed E-state index contributed by atoms with van der Waals surface area (Å²) in [5.41, 5.74) is 1.07. The molecule has 3 rings (SSSR count). The maximum absolute atomic E-state index is 12.9. The van der Waals surface area contributed by atoms with Gasteiger partial charge in [0.1, 0.15) is 0 Å². The van der Waals surface area contributed by atoms with Crippen LogP contribution in [0.5, 0.6) is 0 Å². The van der Waals surface area contributed by atoms with Crippen LogP contribution in [-0.4, -0.2) is 22.3 Å². The molecular formula is C19H21BrN2O3S. The number of aromatic nitrogens is 2. The van der Waals surface area contributed by atoms with Crippen molar-refractivity contribution in [2.24, 2.45) is 0 Å². The highest BCUT2D eigenvalue weighted by Crippen LogP contribution is 2.21. The summed E-state index contributed by atoms with van der Waals surface area (Å²) in [5.74, 6) is 0. The van der Waals surface area contributed by atoms with Crippen molar-refractivity contribution in [3.63, 3.8) is 0 Å². The van der Waals surface area contributed by atoms with E-state index in [1.807, 2.05) is 0 Å². The summed E-state index contributed by atoms with van der Waals surface area (Å²) < 4.78 is 28.7. The highest BCUT2D eigenvalue weighted by molar-refractivity contribution is 9.09. The second-order valence-electron chi connectivity index (χ2n) is 6.13. The van der Waals surface area contributed by atoms with Crippen molar-refractivity contribution in [3.05, 3.63) is 65.1 Å². The smallest absolute Gasteiger partial charge is 0.268 e. The van der Waals surface area contributed by atoms with Crippen LogP contribution in [-0.2, 0) is 16.6 Å². The number of fused-ring (bicyclic) bond motifs is 1. The Morgan fingerprint density at radius 3 is 2.31 bits per heavy atom. The lowest BCUT2D eigenvalue weighted by Crippen LogP contribution is -2.20. The molecular weight excluding hydrogens is 416 g/mol. The molecule has 0 bridgehead atoms. The molecule has 1 aromatic carbocycles. The second kappa shape index (κ2) is 8.22. The van der Waals surface area contributed by atoms with Crippen LogP contribution in [0.2, 0.25) is 0 Å². The van der Waals surface area contributed by atoms with Crippen LogP contribution in [0, 0.1) is 0 Å². The molecule has 0 saturated heterocycles. The molecule has 0 aliphatic rings. The number of hydrogen-bond donors (Lipinski definition) is 0. The number of alkyl halides is 1. The fraction of sp³-hybridized carbons (Fsp3) is 0.316. The van der Waals surface area contributed by atoms with Crippen LogP contribution < -0.4 is 5.56 Å². The SMILES string of the molecule is O=c1ccc2c(ccn2S(=O)(=O)c2ccccc2)n1CCCCCCBr. The Hall–Kier alpha value is -1.86. The lowest BCUT2D eigenvalue weighted by atomic mass is 10.2. The van der Waals surface area contributed by atoms with Gasteiger partial charge >= 0.3 is 0 Å². The van der Waals surface area contributed by atoms with Crippen LogP contribution in [0.4, 0.5) is 0 Å². The van der Waals surface area contributed by atoms with E-state index >= 15 is 0 Å². The average molecular weight is 437 g/mol. The van der Waals surface area contributed by atoms with Crippen LogP contribution in [0.25, 0.3) is 11.0 Å². The molecule has 0 unspecified atom stereocenters. The highest BCUT2D eigenvalue weighted by atomic mass is 79.9. The minimum absolute atomic E-state index is 0.104. The minimum Gasteiger partial charge on any atom is -0.307 e. The van der Waals surface area contributed by atoms with Crippen LogP contribution >= 0.6 is 15.9 Å². The predicted molar refractivity (Wildman–Crippen MR) is 107 cm³/mol. The normalized spacial score (nSPS) is 11.9. The lowest BCUT2D eigenvalue weighted by Gasteiger charge is -2.10. The molecule has 3 aromatic rings. The van der Waals surface area contributed by atoms with E-state index in [2.05, 4.69) is 15.9 Å². The minimum atomic E-state index is -3.69. The first-order valence-electron chi connectivity index (χ1n) is 8.63. The van der Waals surface area contributed by atoms with Gasteiger partial charge in [-0.1, -0.05) is 47.0 Å². The molecule has 26 heavy (non-hydrogen) atoms. The van der Waals surface area contributed by atoms with Crippen molar-refractivity contribution >= 4 is 37.0 Å². The number of pyridine rings is 1. The molecule has 5 nitrogen and oxygen atoms in total. The molecule has 0 spiro atoms. The molecule has 0 N–H and O–H groups in total. The van der Waals surface area contributed by atoms with Gasteiger partial charge in [0.2, 0.25) is 0 Å². The quantitative estimate of drug-likeness (QED) is 0.396. The van der Waals surface area contributed by atoms with Crippen molar-refractivity contribution in [2.45, 2.75) is 37.1 Å². The van der Waals surface area contributed by atoms with Crippen LogP contribution in [0.3, 0.4) is 0 Å². The number of aryl methyl sites for hydroxylation is 1. The molecule has 0 aliphatic carbocycles. The average Bonchev–Trinajstić information content (AvgIpc) is 3.09. The summed E-state index contributed by atoms with van der Waals surface area (Å²) in [7, 11) is -3.69. The van der Waals surface area contributed by atoms with Gasteiger partial charge in [0.25, 0.3) is 15.6 Å². The first kappa shape index (κ1) is 18.9. The molecule has 0 fully saturated rings. The van der Waals surface area contributed by atoms with Gasteiger partial charge in [-0.3, -0.25) is 4.79 Å². The second-order valence-corrected chi connectivity index (χ2v) is 8.73. The molecule has 138 valence electrons. The summed E-state index contributed by atoms with van der Waals surface area (Å²) in [6, 6.07) is 13.0. The molecule has 2 heterocycles. The summed E-state index contributed by atoms with van der Waals surface area (Å²) in [6.45, 7) is 0.591. The molecule has 0 radical (unpaired) electrons. The van der Waals surface area contributed by atoms with Crippen molar-refractivity contribution in [2.75, 3.05) is 5.33 Å². The van der Waals surface area contributed by atoms with E-state index in [9.17, 15) is 13.2 Å². The summed E-state index contributed by atoms with van der Waals surface area (Å²) in [6.07, 6.45) is 5.68. The van der Waals surface area contributed by atoms with E-state index in [4.69, 9.17) is 0 Å². The molecule has 0 amide bonds. The Morgan fingerprint density at radius 2 is 1.58 bits per heavy atom. The molecule has 0 aliphatic heterocycles. The van der Waals surface area contributed by atoms with E-state index in [0.29, 0.717) is 17.6 Å². The van der Waals surface area contributed by atoms with Gasteiger partial charge in [-0.2, -0.15) is 0 Å². The third-order valence-electron chi connectivity index (χ3n) is 4.37. The van der Waals surface area contributed by atoms with Gasteiger partial charge in [0.05, 0.1) is 15.9 Å². The Morgan fingerprint density at radius 1 is 0.846 bits per heavy atom. The number of hydrogen-bond acceptors (Lipinski definition) is 3. The van der Waals surface area contributed by atoms with E-state index in [1.54, 1.807) is 47.0 Å². The van der Waals surface area contributed by atoms with Crippen molar-refractivity contribution in [1.29, 1.82) is 0 Å². The first-order chi connectivity index (χ1) is 12.6. The van der Waals surface area contributed by atoms with Crippen molar-refractivity contribution < 1.29 is 8.42 Å². The van der Waals surface area contributed by atoms with Gasteiger partial charge in [-0.25, -0.2) is 12.4 Å². The monoisotopic (exact) mass is 436 g/mol. The van der Waals surface area contributed by atoms with Gasteiger partial charge in [0, 0.05) is 24.1 Å². The van der Waals surface area contributed by atoms with Crippen molar-refractivity contribution in [3.8, 4) is 0 Å². The van der Waals surface area contributed by atoms with E-state index in [0.717, 1.165) is 31.0 Å². The first-order valence-corrected chi connectivity index (χ1v) is 11.2. The number of nitrogens with zero attached hydrogens (tertiary/aromatic N) is 2. The zero-order valence-electron chi connectivity index (χ0n) is 14.3. The molecule has 2 aromatic heterocycles. The van der Waals surface area contributed by atoms with Gasteiger partial charge in [0.15, 0.2) is 0 Å². The van der Waals surface area contributed by atoms with Crippen LogP contribution in [0.1, 0.15) is 25.7 Å². The molecule has 0 saturated carbocycles. The summed E-state index contributed by atoms with van der Waals surface area (Å²) in [5, 5.41) is 0.989. The fourth-order valence-corrected chi connectivity index (χ4v) is 4.79. The van der Waals surface area contributed by atoms with Gasteiger partial charge < -0.3 is 4.57 Å². The fourth-order valence-electron chi connectivity index (χ4n) is 3.03. The Balaban J connectivity index is 1.96. The molecule has 7 heteroatoms. The van der Waals surface area contributed by atoms with Crippen LogP contribution in [0.15, 0.2) is 64.4 Å². The Kier molecular flexibility index (Phi) is 5.98. The maximum atomic E-state index is 12.9. The molecule has 0 atom stereocenters. The third kappa shape index (κ3) is 3.78. The summed E-state index contributed by atoms with van der Waals surface area (Å²) in [4.78, 5) is 12.5. The standard InChI is InChI=1S/C19H21BrN2O3S/c20-13-6-1-2-7-14-21-17-12-15-22(18(17)10-11-19(21)23)26(24,25)16-8-4-3-5-9-16/h3-5,8-12,15H,1-2,6-7,13-14H2. The zero-order valence-corrected chi connectivity index (χ0v) is 16.7. The van der Waals surface area contributed by atoms with Gasteiger partial charge in [-0.05, 0) is 37.1 Å². The summed E-state index contributed by atoms with van der Waals surface area (Å²) >= 11 is 3.42. The third-order valence-corrected chi connectivity index (χ3v) is 6.64. The predicted octanol–water partition coefficient (Wildman–Crippen LogP) is 4.00. The lowest BCUT2D eigenvalue weighted by molar-refractivity contribution is 0.583. The number of benzene rings is 1. The Bertz CT molecular complexity index is 1040. The van der Waals surface area contributed by atoms with Gasteiger partial charge in [-0.15, -0.1) is 0 Å². The van der Waals surface area contributed by atoms with Crippen molar-refractivity contribution in [1.82, 2.24) is 8.54 Å². The number of rotatable bonds is 8. The topological polar surface area (TPSA) is 61.1 Å². The van der Waals surface area contributed by atoms with E-state index in [-0.39, 0.29) is 10.5 Å².